The van der Waals surface area contributed by atoms with Gasteiger partial charge in [-0.1, -0.05) is 237 Å². The number of furan rings is 2. The van der Waals surface area contributed by atoms with Gasteiger partial charge in [-0.15, -0.1) is 22.7 Å². The van der Waals surface area contributed by atoms with Gasteiger partial charge in [-0.2, -0.15) is 0 Å². The van der Waals surface area contributed by atoms with Gasteiger partial charge in [0.05, 0.1) is 32.0 Å². The molecular formula is C88H50ClN6O2S2+. The lowest BCUT2D eigenvalue weighted by molar-refractivity contribution is 0.666. The van der Waals surface area contributed by atoms with E-state index in [1.165, 1.54) is 100 Å². The Hall–Kier alpha value is -12.4. The summed E-state index contributed by atoms with van der Waals surface area (Å²) in [6, 6.07) is 97.2. The van der Waals surface area contributed by atoms with Crippen LogP contribution in [0.1, 0.15) is 11.3 Å². The zero-order chi connectivity index (χ0) is 65.2. The Morgan fingerprint density at radius 3 is 1.39 bits per heavy atom. The van der Waals surface area contributed by atoms with Crippen molar-refractivity contribution < 1.29 is 8.83 Å². The van der Waals surface area contributed by atoms with Gasteiger partial charge in [0.25, 0.3) is 0 Å². The lowest BCUT2D eigenvalue weighted by atomic mass is 9.97. The van der Waals surface area contributed by atoms with E-state index in [1.807, 2.05) is 114 Å². The minimum Gasteiger partial charge on any atom is -0.452 e. The van der Waals surface area contributed by atoms with Gasteiger partial charge in [0.1, 0.15) is 51.3 Å². The molecule has 11 heteroatoms. The van der Waals surface area contributed by atoms with Crippen LogP contribution in [-0.2, 0) is 0 Å². The van der Waals surface area contributed by atoms with Crippen LogP contribution in [0.25, 0.3) is 202 Å². The Labute approximate surface area is 577 Å². The second-order valence-corrected chi connectivity index (χ2v) is 27.2. The normalized spacial score (nSPS) is 12.1. The van der Waals surface area contributed by atoms with Crippen molar-refractivity contribution in [3.05, 3.63) is 308 Å². The van der Waals surface area contributed by atoms with Crippen LogP contribution in [0.2, 0.25) is 5.28 Å². The van der Waals surface area contributed by atoms with Crippen molar-refractivity contribution in [2.75, 3.05) is 0 Å². The van der Waals surface area contributed by atoms with Crippen LogP contribution in [0.15, 0.2) is 294 Å². The molecule has 13 aromatic carbocycles. The molecular weight excluding hydrogens is 1270 g/mol. The highest BCUT2D eigenvalue weighted by Crippen LogP contribution is 2.50. The van der Waals surface area contributed by atoms with Gasteiger partial charge in [-0.05, 0) is 97.9 Å². The van der Waals surface area contributed by atoms with Gasteiger partial charge >= 0.3 is 0 Å². The molecule has 462 valence electrons. The van der Waals surface area contributed by atoms with E-state index < -0.39 is 0 Å². The van der Waals surface area contributed by atoms with Crippen LogP contribution >= 0.6 is 34.3 Å². The summed E-state index contributed by atoms with van der Waals surface area (Å²) in [5, 5.41) is 16.3. The van der Waals surface area contributed by atoms with Crippen LogP contribution in [-0.4, -0.2) is 29.5 Å². The van der Waals surface area contributed by atoms with Gasteiger partial charge < -0.3 is 8.83 Å². The molecule has 0 spiro atoms. The average molecular weight is 1320 g/mol. The molecule has 1 aliphatic rings. The Morgan fingerprint density at radius 1 is 0.374 bits per heavy atom. The summed E-state index contributed by atoms with van der Waals surface area (Å²) < 4.78 is 20.0. The first-order valence-electron chi connectivity index (χ1n) is 32.8. The first kappa shape index (κ1) is 56.9. The molecule has 0 atom stereocenters. The summed E-state index contributed by atoms with van der Waals surface area (Å²) >= 11 is 9.92. The molecule has 99 heavy (non-hydrogen) atoms. The second-order valence-electron chi connectivity index (χ2n) is 24.8. The van der Waals surface area contributed by atoms with E-state index in [9.17, 15) is 0 Å². The largest absolute Gasteiger partial charge is 0.452 e. The molecule has 0 unspecified atom stereocenters. The highest BCUT2D eigenvalue weighted by Gasteiger charge is 2.27. The highest BCUT2D eigenvalue weighted by molar-refractivity contribution is 7.27. The number of nitrogens with zero attached hydrogens (tertiary/aromatic N) is 5. The van der Waals surface area contributed by atoms with Crippen molar-refractivity contribution in [2.45, 2.75) is 0 Å². The van der Waals surface area contributed by atoms with Crippen LogP contribution < -0.4 is 0 Å². The number of thiophene rings is 2. The molecule has 1 aliphatic carbocycles. The molecule has 0 saturated carbocycles. The van der Waals surface area contributed by atoms with Crippen LogP contribution in [0.4, 0.5) is 0 Å². The molecule has 8 aromatic heterocycles. The number of hydrogen-bond donors (Lipinski definition) is 1. The van der Waals surface area contributed by atoms with Crippen LogP contribution in [0, 0.1) is 6.08 Å². The monoisotopic (exact) mass is 1320 g/mol. The number of rotatable bonds is 5. The quantitative estimate of drug-likeness (QED) is 0.136. The van der Waals surface area contributed by atoms with Crippen LogP contribution in [0.3, 0.4) is 0 Å². The zero-order valence-corrected chi connectivity index (χ0v) is 54.9. The van der Waals surface area contributed by atoms with E-state index in [-0.39, 0.29) is 5.28 Å². The van der Waals surface area contributed by atoms with Crippen molar-refractivity contribution in [3.8, 4) is 50.7 Å². The van der Waals surface area contributed by atoms with E-state index in [0.29, 0.717) is 22.8 Å². The first-order chi connectivity index (χ1) is 49.0. The minimum atomic E-state index is 0.214. The fourth-order valence-corrected chi connectivity index (χ4v) is 17.5. The van der Waals surface area contributed by atoms with Gasteiger partial charge in [0.2, 0.25) is 11.2 Å². The van der Waals surface area contributed by atoms with Crippen molar-refractivity contribution >= 4 is 185 Å². The Bertz CT molecular complexity index is 6920. The number of aromatic amines is 1. The molecule has 0 aliphatic heterocycles. The molecule has 8 heterocycles. The molecule has 22 rings (SSSR count). The van der Waals surface area contributed by atoms with Crippen molar-refractivity contribution in [1.82, 2.24) is 29.5 Å². The molecule has 0 saturated heterocycles. The number of aromatic nitrogens is 6. The Balaban J connectivity index is 0.000000111. The molecule has 0 fully saturated rings. The summed E-state index contributed by atoms with van der Waals surface area (Å²) in [5.74, 6) is 0.626. The average Bonchev–Trinajstić information content (AvgIpc) is 1.55. The fourth-order valence-electron chi connectivity index (χ4n) is 14.8. The number of nitrogens with one attached hydrogen (secondary N) is 1. The van der Waals surface area contributed by atoms with Gasteiger partial charge in [-0.25, -0.2) is 19.9 Å². The molecule has 0 amide bonds. The summed E-state index contributed by atoms with van der Waals surface area (Å²) in [6.07, 6.45) is 9.40. The van der Waals surface area contributed by atoms with E-state index >= 15 is 0 Å². The molecule has 21 aromatic rings. The number of benzene rings is 13. The van der Waals surface area contributed by atoms with Gasteiger partial charge in [0, 0.05) is 75.1 Å². The predicted molar refractivity (Wildman–Crippen MR) is 416 cm³/mol. The molecule has 0 bridgehead atoms. The third-order valence-electron chi connectivity index (χ3n) is 19.2. The number of allylic oxidation sites excluding steroid dienone is 2. The lowest BCUT2D eigenvalue weighted by Crippen LogP contribution is -2.03. The van der Waals surface area contributed by atoms with E-state index in [4.69, 9.17) is 30.4 Å². The second kappa shape index (κ2) is 22.9. The predicted octanol–water partition coefficient (Wildman–Crippen LogP) is 25.2. The fraction of sp³-hybridized carbons (Fsp3) is 0. The van der Waals surface area contributed by atoms with E-state index in [0.717, 1.165) is 77.6 Å². The smallest absolute Gasteiger partial charge is 0.236 e. The standard InChI is InChI=1S/C44H25N3OS.C22H13ClN2O.C22H12NS/c1-2-12-26(13-3-1)27-22-24-28(25-23-27)39-42-40(32-17-7-10-20-35(32)48-42)46-44(45-39)47-34-19-9-6-16-31(34)37-29-14-4-5-15-30(29)38-33-18-8-11-21-36(33)49-43(38)41(37)47;23-22-24-19(21-20(25-22)17-8-4-5-9-18(17)26-21)16-12-10-15(11-13-16)14-6-2-1-3-7-14;1-2-8-14-13(7-1)19-15-9-3-5-11-17(15)23-21(19)22-20(14)16-10-4-6-12-18(16)24-22/h1-25H;1-13H;1-4,6-12,23H/q;;+1. The third-order valence-corrected chi connectivity index (χ3v) is 21.7. The minimum absolute atomic E-state index is 0.214. The number of para-hydroxylation sites is 3. The summed E-state index contributed by atoms with van der Waals surface area (Å²) in [5.41, 5.74) is 18.4. The SMILES string of the molecule is Clc1nc(-c2ccc(-c3ccccc3)cc2)c2oc3ccccc3c2n1.[C+]1=Cc2[nH]c3c4sc5ccccc5c4c4ccccc4c3c2C=C1.c1ccc(-c2ccc(-c3nc(-n4c5ccccc5c5c6ccccc6c6c7ccccc7sc6c54)nc4c3oc3ccccc34)cc2)cc1. The van der Waals surface area contributed by atoms with Gasteiger partial charge in [0.15, 0.2) is 16.9 Å². The van der Waals surface area contributed by atoms with Crippen molar-refractivity contribution in [2.24, 2.45) is 0 Å². The molecule has 8 nitrogen and oxygen atoms in total. The first-order valence-corrected chi connectivity index (χ1v) is 34.8. The zero-order valence-electron chi connectivity index (χ0n) is 52.5. The summed E-state index contributed by atoms with van der Waals surface area (Å²) in [4.78, 5) is 23.2. The summed E-state index contributed by atoms with van der Waals surface area (Å²) in [7, 11) is 0. The van der Waals surface area contributed by atoms with Crippen molar-refractivity contribution in [3.63, 3.8) is 0 Å². The highest BCUT2D eigenvalue weighted by atomic mass is 35.5. The maximum Gasteiger partial charge on any atom is 0.236 e. The number of fused-ring (bicyclic) bond motifs is 26. The third kappa shape index (κ3) is 9.16. The maximum absolute atomic E-state index is 6.54. The molecule has 1 N–H and O–H groups in total. The number of halogens is 1. The lowest BCUT2D eigenvalue weighted by Gasteiger charge is -2.11. The summed E-state index contributed by atoms with van der Waals surface area (Å²) in [6.45, 7) is 0. The number of hydrogen-bond acceptors (Lipinski definition) is 8. The van der Waals surface area contributed by atoms with E-state index in [1.54, 1.807) is 0 Å². The Morgan fingerprint density at radius 2 is 0.808 bits per heavy atom. The van der Waals surface area contributed by atoms with Crippen LogP contribution in [0.5, 0.6) is 0 Å². The Kier molecular flexibility index (Phi) is 13.2. The topological polar surface area (TPSA) is 98.6 Å². The van der Waals surface area contributed by atoms with Crippen molar-refractivity contribution in [1.29, 1.82) is 0 Å². The maximum atomic E-state index is 6.54. The van der Waals surface area contributed by atoms with E-state index in [2.05, 4.69) is 232 Å². The van der Waals surface area contributed by atoms with Gasteiger partial charge in [-0.3, -0.25) is 9.55 Å². The molecule has 0 radical (unpaired) electrons. The number of H-pyrrole nitrogens is 1.